The molecule has 1 heterocycles. The molecule has 6 heteroatoms. The number of benzene rings is 1. The molecule has 20 heavy (non-hydrogen) atoms. The molecule has 0 aromatic heterocycles. The number of piperidine rings is 1. The monoisotopic (exact) mass is 278 g/mol. The maximum Gasteiger partial charge on any atom is 0.303 e. The van der Waals surface area contributed by atoms with Crippen LogP contribution in [0.3, 0.4) is 0 Å². The number of carboxylic acids is 1. The molecule has 0 radical (unpaired) electrons. The first-order chi connectivity index (χ1) is 9.47. The fourth-order valence-corrected chi connectivity index (χ4v) is 2.63. The molecule has 0 atom stereocenters. The molecule has 108 valence electrons. The van der Waals surface area contributed by atoms with E-state index >= 15 is 0 Å². The van der Waals surface area contributed by atoms with Gasteiger partial charge in [-0.2, -0.15) is 0 Å². The van der Waals surface area contributed by atoms with Gasteiger partial charge in [0.2, 0.25) is 0 Å². The van der Waals surface area contributed by atoms with Crippen molar-refractivity contribution in [1.29, 1.82) is 0 Å². The molecule has 1 aliphatic rings. The van der Waals surface area contributed by atoms with Gasteiger partial charge in [0, 0.05) is 36.8 Å². The van der Waals surface area contributed by atoms with Gasteiger partial charge >= 0.3 is 5.97 Å². The Kier molecular flexibility index (Phi) is 4.22. The number of rotatable bonds is 4. The summed E-state index contributed by atoms with van der Waals surface area (Å²) in [5.41, 5.74) is 1.63. The molecule has 1 saturated heterocycles. The van der Waals surface area contributed by atoms with Crippen molar-refractivity contribution in [2.24, 2.45) is 5.92 Å². The van der Waals surface area contributed by atoms with Crippen molar-refractivity contribution in [2.75, 3.05) is 18.0 Å². The molecule has 2 rings (SSSR count). The van der Waals surface area contributed by atoms with E-state index in [1.54, 1.807) is 19.1 Å². The van der Waals surface area contributed by atoms with E-state index in [4.69, 9.17) is 5.11 Å². The molecule has 1 aliphatic heterocycles. The van der Waals surface area contributed by atoms with Crippen LogP contribution in [0.2, 0.25) is 0 Å². The zero-order chi connectivity index (χ0) is 14.7. The van der Waals surface area contributed by atoms with Gasteiger partial charge < -0.3 is 10.0 Å². The maximum absolute atomic E-state index is 11.0. The topological polar surface area (TPSA) is 83.7 Å². The van der Waals surface area contributed by atoms with Gasteiger partial charge in [0.1, 0.15) is 0 Å². The highest BCUT2D eigenvalue weighted by Crippen LogP contribution is 2.29. The lowest BCUT2D eigenvalue weighted by molar-refractivity contribution is -0.385. The minimum atomic E-state index is -0.755. The van der Waals surface area contributed by atoms with Crippen molar-refractivity contribution in [2.45, 2.75) is 26.2 Å². The molecule has 1 N–H and O–H groups in total. The van der Waals surface area contributed by atoms with Crippen molar-refractivity contribution < 1.29 is 14.8 Å². The molecule has 0 saturated carbocycles. The molecule has 1 aromatic rings. The standard InChI is InChI=1S/C14H18N2O4/c1-10-2-3-12(9-13(10)16(19)20)15-6-4-11(5-7-15)8-14(17)18/h2-3,9,11H,4-8H2,1H3,(H,17,18). The summed E-state index contributed by atoms with van der Waals surface area (Å²) < 4.78 is 0. The molecule has 0 amide bonds. The van der Waals surface area contributed by atoms with Gasteiger partial charge in [-0.3, -0.25) is 14.9 Å². The second-order valence-corrected chi connectivity index (χ2v) is 5.26. The highest BCUT2D eigenvalue weighted by Gasteiger charge is 2.22. The predicted molar refractivity (Wildman–Crippen MR) is 75.0 cm³/mol. The Morgan fingerprint density at radius 3 is 2.65 bits per heavy atom. The van der Waals surface area contributed by atoms with Crippen LogP contribution in [0.15, 0.2) is 18.2 Å². The average Bonchev–Trinajstić information content (AvgIpc) is 2.39. The quantitative estimate of drug-likeness (QED) is 0.676. The second-order valence-electron chi connectivity index (χ2n) is 5.26. The van der Waals surface area contributed by atoms with Gasteiger partial charge in [-0.25, -0.2) is 0 Å². The summed E-state index contributed by atoms with van der Waals surface area (Å²) in [6.07, 6.45) is 1.84. The molecule has 0 aliphatic carbocycles. The van der Waals surface area contributed by atoms with Crippen LogP contribution < -0.4 is 4.90 Å². The normalized spacial score (nSPS) is 16.1. The fraction of sp³-hybridized carbons (Fsp3) is 0.500. The number of hydrogen-bond donors (Lipinski definition) is 1. The summed E-state index contributed by atoms with van der Waals surface area (Å²) in [5.74, 6) is -0.543. The molecular weight excluding hydrogens is 260 g/mol. The highest BCUT2D eigenvalue weighted by molar-refractivity contribution is 5.67. The van der Waals surface area contributed by atoms with Crippen molar-refractivity contribution >= 4 is 17.3 Å². The second kappa shape index (κ2) is 5.90. The van der Waals surface area contributed by atoms with E-state index < -0.39 is 5.97 Å². The van der Waals surface area contributed by atoms with E-state index in [-0.39, 0.29) is 22.9 Å². The highest BCUT2D eigenvalue weighted by atomic mass is 16.6. The third kappa shape index (κ3) is 3.26. The van der Waals surface area contributed by atoms with Gasteiger partial charge in [0.05, 0.1) is 4.92 Å². The first kappa shape index (κ1) is 14.3. The SMILES string of the molecule is Cc1ccc(N2CCC(CC(=O)O)CC2)cc1[N+](=O)[O-]. The summed E-state index contributed by atoms with van der Waals surface area (Å²) in [6.45, 7) is 3.22. The number of nitro benzene ring substituents is 1. The molecule has 0 unspecified atom stereocenters. The summed E-state index contributed by atoms with van der Waals surface area (Å²) >= 11 is 0. The molecule has 0 bridgehead atoms. The number of aryl methyl sites for hydroxylation is 1. The summed E-state index contributed by atoms with van der Waals surface area (Å²) in [5, 5.41) is 19.7. The fourth-order valence-electron chi connectivity index (χ4n) is 2.63. The summed E-state index contributed by atoms with van der Waals surface area (Å²) in [4.78, 5) is 23.4. The number of nitrogens with zero attached hydrogens (tertiary/aromatic N) is 2. The molecule has 0 spiro atoms. The number of nitro groups is 1. The summed E-state index contributed by atoms with van der Waals surface area (Å²) in [7, 11) is 0. The van der Waals surface area contributed by atoms with Gasteiger partial charge in [-0.15, -0.1) is 0 Å². The van der Waals surface area contributed by atoms with Crippen LogP contribution in [-0.2, 0) is 4.79 Å². The third-order valence-corrected chi connectivity index (χ3v) is 3.83. The Bertz CT molecular complexity index is 522. The van der Waals surface area contributed by atoms with Gasteiger partial charge in [-0.05, 0) is 31.7 Å². The van der Waals surface area contributed by atoms with Crippen molar-refractivity contribution in [3.63, 3.8) is 0 Å². The largest absolute Gasteiger partial charge is 0.481 e. The van der Waals surface area contributed by atoms with Crippen LogP contribution in [0.4, 0.5) is 11.4 Å². The number of carboxylic acid groups (broad SMARTS) is 1. The van der Waals surface area contributed by atoms with E-state index in [0.29, 0.717) is 5.56 Å². The maximum atomic E-state index is 11.0. The molecule has 1 aromatic carbocycles. The van der Waals surface area contributed by atoms with Gasteiger partial charge in [-0.1, -0.05) is 6.07 Å². The molecule has 6 nitrogen and oxygen atoms in total. The Morgan fingerprint density at radius 2 is 2.10 bits per heavy atom. The van der Waals surface area contributed by atoms with Crippen LogP contribution in [0.25, 0.3) is 0 Å². The smallest absolute Gasteiger partial charge is 0.303 e. The lowest BCUT2D eigenvalue weighted by atomic mass is 9.93. The molecule has 1 fully saturated rings. The zero-order valence-electron chi connectivity index (χ0n) is 11.4. The first-order valence-corrected chi connectivity index (χ1v) is 6.69. The molecular formula is C14H18N2O4. The third-order valence-electron chi connectivity index (χ3n) is 3.83. The van der Waals surface area contributed by atoms with Crippen molar-refractivity contribution in [3.05, 3.63) is 33.9 Å². The van der Waals surface area contributed by atoms with Crippen LogP contribution in [-0.4, -0.2) is 29.1 Å². The lowest BCUT2D eigenvalue weighted by Crippen LogP contribution is -2.34. The van der Waals surface area contributed by atoms with Crippen LogP contribution in [0.1, 0.15) is 24.8 Å². The lowest BCUT2D eigenvalue weighted by Gasteiger charge is -2.33. The van der Waals surface area contributed by atoms with E-state index in [0.717, 1.165) is 31.6 Å². The Balaban J connectivity index is 2.05. The Hall–Kier alpha value is -2.11. The van der Waals surface area contributed by atoms with E-state index in [1.165, 1.54) is 0 Å². The summed E-state index contributed by atoms with van der Waals surface area (Å²) in [6, 6.07) is 5.25. The number of aliphatic carboxylic acids is 1. The minimum absolute atomic E-state index is 0.134. The van der Waals surface area contributed by atoms with E-state index in [9.17, 15) is 14.9 Å². The Morgan fingerprint density at radius 1 is 1.45 bits per heavy atom. The van der Waals surface area contributed by atoms with Gasteiger partial charge in [0.25, 0.3) is 5.69 Å². The van der Waals surface area contributed by atoms with Crippen molar-refractivity contribution in [3.8, 4) is 0 Å². The van der Waals surface area contributed by atoms with Crippen LogP contribution in [0.5, 0.6) is 0 Å². The van der Waals surface area contributed by atoms with Gasteiger partial charge in [0.15, 0.2) is 0 Å². The first-order valence-electron chi connectivity index (χ1n) is 6.69. The number of hydrogen-bond acceptors (Lipinski definition) is 4. The van der Waals surface area contributed by atoms with Crippen LogP contribution >= 0.6 is 0 Å². The predicted octanol–water partition coefficient (Wildman–Crippen LogP) is 2.59. The Labute approximate surface area is 117 Å². The minimum Gasteiger partial charge on any atom is -0.481 e. The average molecular weight is 278 g/mol. The number of anilines is 1. The number of carbonyl (C=O) groups is 1. The zero-order valence-corrected chi connectivity index (χ0v) is 11.4. The van der Waals surface area contributed by atoms with E-state index in [2.05, 4.69) is 4.90 Å². The van der Waals surface area contributed by atoms with Crippen LogP contribution in [0, 0.1) is 23.0 Å². The van der Waals surface area contributed by atoms with E-state index in [1.807, 2.05) is 6.07 Å². The van der Waals surface area contributed by atoms with Crippen molar-refractivity contribution in [1.82, 2.24) is 0 Å².